The lowest BCUT2D eigenvalue weighted by Crippen LogP contribution is -2.04. The lowest BCUT2D eigenvalue weighted by Gasteiger charge is -2.09. The summed E-state index contributed by atoms with van der Waals surface area (Å²) in [7, 11) is 1.60. The van der Waals surface area contributed by atoms with Gasteiger partial charge in [0.15, 0.2) is 17.3 Å². The summed E-state index contributed by atoms with van der Waals surface area (Å²) in [4.78, 5) is 0. The Labute approximate surface area is 162 Å². The average Bonchev–Trinajstić information content (AvgIpc) is 3.06. The van der Waals surface area contributed by atoms with Gasteiger partial charge in [0.1, 0.15) is 12.4 Å². The molecule has 3 rings (SSSR count). The molecule has 140 valence electrons. The highest BCUT2D eigenvalue weighted by Crippen LogP contribution is 2.27. The second-order valence-corrected chi connectivity index (χ2v) is 5.83. The summed E-state index contributed by atoms with van der Waals surface area (Å²) in [6.07, 6.45) is 1.68. The Morgan fingerprint density at radius 1 is 1.15 bits per heavy atom. The smallest absolute Gasteiger partial charge is 0.216 e. The maximum atomic E-state index is 5.72. The topological polar surface area (TPSA) is 73.7 Å². The summed E-state index contributed by atoms with van der Waals surface area (Å²) < 4.78 is 18.5. The van der Waals surface area contributed by atoms with Crippen molar-refractivity contribution < 1.29 is 14.2 Å². The van der Waals surface area contributed by atoms with E-state index in [2.05, 4.69) is 15.3 Å². The van der Waals surface area contributed by atoms with Crippen molar-refractivity contribution >= 4 is 18.4 Å². The number of hydrogen-bond acceptors (Lipinski definition) is 6. The lowest BCUT2D eigenvalue weighted by molar-refractivity contribution is 0.290. The molecule has 0 aliphatic carbocycles. The third-order valence-electron chi connectivity index (χ3n) is 3.64. The van der Waals surface area contributed by atoms with E-state index in [1.807, 2.05) is 55.5 Å². The second-order valence-electron chi connectivity index (χ2n) is 5.45. The molecule has 8 heteroatoms. The number of methoxy groups -OCH3 is 1. The molecular formula is C19H20N4O3S. The Kier molecular flexibility index (Phi) is 6.22. The van der Waals surface area contributed by atoms with E-state index in [4.69, 9.17) is 26.4 Å². The van der Waals surface area contributed by atoms with Gasteiger partial charge in [0, 0.05) is 0 Å². The molecule has 0 bridgehead atoms. The van der Waals surface area contributed by atoms with Crippen molar-refractivity contribution in [3.8, 4) is 17.2 Å². The number of nitrogens with zero attached hydrogens (tertiary/aromatic N) is 3. The maximum Gasteiger partial charge on any atom is 0.216 e. The number of benzene rings is 2. The van der Waals surface area contributed by atoms with E-state index in [0.717, 1.165) is 11.3 Å². The van der Waals surface area contributed by atoms with E-state index in [9.17, 15) is 0 Å². The molecule has 0 spiro atoms. The maximum absolute atomic E-state index is 5.72. The highest BCUT2D eigenvalue weighted by molar-refractivity contribution is 7.71. The molecule has 0 amide bonds. The predicted octanol–water partition coefficient (Wildman–Crippen LogP) is 3.81. The van der Waals surface area contributed by atoms with Crippen molar-refractivity contribution in [2.45, 2.75) is 13.5 Å². The normalized spacial score (nSPS) is 10.9. The summed E-state index contributed by atoms with van der Waals surface area (Å²) in [5.41, 5.74) is 0.841. The van der Waals surface area contributed by atoms with Crippen LogP contribution in [0, 0.1) is 4.77 Å². The molecule has 0 unspecified atom stereocenters. The van der Waals surface area contributed by atoms with Crippen LogP contribution in [0.15, 0.2) is 53.6 Å². The summed E-state index contributed by atoms with van der Waals surface area (Å²) in [5, 5.41) is 11.3. The molecule has 1 N–H and O–H groups in total. The minimum absolute atomic E-state index is 0.237. The highest BCUT2D eigenvalue weighted by atomic mass is 32.1. The quantitative estimate of drug-likeness (QED) is 0.472. The van der Waals surface area contributed by atoms with Crippen molar-refractivity contribution in [3.63, 3.8) is 0 Å². The van der Waals surface area contributed by atoms with E-state index in [1.165, 1.54) is 4.68 Å². The number of aromatic amines is 1. The Morgan fingerprint density at radius 2 is 1.96 bits per heavy atom. The van der Waals surface area contributed by atoms with Crippen LogP contribution in [-0.2, 0) is 6.61 Å². The van der Waals surface area contributed by atoms with E-state index >= 15 is 0 Å². The fourth-order valence-corrected chi connectivity index (χ4v) is 2.56. The number of H-pyrrole nitrogens is 1. The van der Waals surface area contributed by atoms with Crippen molar-refractivity contribution in [2.75, 3.05) is 13.7 Å². The number of aromatic nitrogens is 3. The second kappa shape index (κ2) is 9.00. The number of hydrogen-bond donors (Lipinski definition) is 1. The monoisotopic (exact) mass is 384 g/mol. The van der Waals surface area contributed by atoms with Crippen LogP contribution in [0.4, 0.5) is 0 Å². The van der Waals surface area contributed by atoms with Gasteiger partial charge in [0.05, 0.1) is 19.9 Å². The van der Waals surface area contributed by atoms with E-state index in [0.29, 0.717) is 28.7 Å². The molecule has 1 heterocycles. The minimum Gasteiger partial charge on any atom is -0.493 e. The largest absolute Gasteiger partial charge is 0.493 e. The zero-order chi connectivity index (χ0) is 19.1. The van der Waals surface area contributed by atoms with Gasteiger partial charge in [-0.15, -0.1) is 0 Å². The third kappa shape index (κ3) is 4.73. The highest BCUT2D eigenvalue weighted by Gasteiger charge is 2.07. The van der Waals surface area contributed by atoms with Crippen LogP contribution in [0.1, 0.15) is 18.3 Å². The summed E-state index contributed by atoms with van der Waals surface area (Å²) >= 11 is 5.25. The Hall–Kier alpha value is -3.13. The lowest BCUT2D eigenvalue weighted by atomic mass is 10.2. The zero-order valence-electron chi connectivity index (χ0n) is 15.1. The van der Waals surface area contributed by atoms with Gasteiger partial charge in [-0.3, -0.25) is 0 Å². The van der Waals surface area contributed by atoms with E-state index in [-0.39, 0.29) is 6.61 Å². The van der Waals surface area contributed by atoms with Crippen LogP contribution >= 0.6 is 12.2 Å². The molecule has 0 aliphatic heterocycles. The molecule has 27 heavy (non-hydrogen) atoms. The molecule has 0 atom stereocenters. The van der Waals surface area contributed by atoms with E-state index in [1.54, 1.807) is 13.3 Å². The van der Waals surface area contributed by atoms with Gasteiger partial charge in [-0.25, -0.2) is 5.10 Å². The first kappa shape index (κ1) is 18.7. The Bertz CT molecular complexity index is 967. The molecule has 0 aliphatic rings. The summed E-state index contributed by atoms with van der Waals surface area (Å²) in [6, 6.07) is 15.1. The standard InChI is InChI=1S/C19H20N4O3S/c1-3-25-16-10-9-14(11-17(16)24-2)12-20-23-18(21-22-19(23)27)13-26-15-7-5-4-6-8-15/h4-12H,3,13H2,1-2H3,(H,22,27)/b20-12+. The Morgan fingerprint density at radius 3 is 2.70 bits per heavy atom. The Balaban J connectivity index is 1.77. The predicted molar refractivity (Wildman–Crippen MR) is 105 cm³/mol. The van der Waals surface area contributed by atoms with Crippen LogP contribution in [0.3, 0.4) is 0 Å². The van der Waals surface area contributed by atoms with Gasteiger partial charge >= 0.3 is 0 Å². The van der Waals surface area contributed by atoms with Crippen molar-refractivity contribution in [3.05, 3.63) is 64.7 Å². The van der Waals surface area contributed by atoms with Crippen LogP contribution < -0.4 is 14.2 Å². The number of rotatable bonds is 8. The van der Waals surface area contributed by atoms with Crippen LogP contribution in [0.2, 0.25) is 0 Å². The third-order valence-corrected chi connectivity index (χ3v) is 3.90. The number of para-hydroxylation sites is 1. The molecular weight excluding hydrogens is 364 g/mol. The molecule has 7 nitrogen and oxygen atoms in total. The first-order chi connectivity index (χ1) is 13.2. The molecule has 0 radical (unpaired) electrons. The molecule has 2 aromatic carbocycles. The summed E-state index contributed by atoms with van der Waals surface area (Å²) in [5.74, 6) is 2.65. The molecule has 0 fully saturated rings. The molecule has 0 saturated carbocycles. The van der Waals surface area contributed by atoms with Gasteiger partial charge in [0.2, 0.25) is 4.77 Å². The first-order valence-corrected chi connectivity index (χ1v) is 8.81. The van der Waals surface area contributed by atoms with Gasteiger partial charge in [0.25, 0.3) is 0 Å². The average molecular weight is 384 g/mol. The van der Waals surface area contributed by atoms with Gasteiger partial charge in [-0.2, -0.15) is 14.9 Å². The van der Waals surface area contributed by atoms with Crippen molar-refractivity contribution in [1.29, 1.82) is 0 Å². The minimum atomic E-state index is 0.237. The van der Waals surface area contributed by atoms with Gasteiger partial charge in [-0.1, -0.05) is 18.2 Å². The number of ether oxygens (including phenoxy) is 3. The van der Waals surface area contributed by atoms with Gasteiger partial charge in [-0.05, 0) is 55.0 Å². The molecule has 0 saturated heterocycles. The van der Waals surface area contributed by atoms with Crippen LogP contribution in [0.25, 0.3) is 0 Å². The molecule has 3 aromatic rings. The first-order valence-electron chi connectivity index (χ1n) is 8.40. The zero-order valence-corrected chi connectivity index (χ0v) is 15.9. The van der Waals surface area contributed by atoms with Gasteiger partial charge < -0.3 is 14.2 Å². The number of nitrogens with one attached hydrogen (secondary N) is 1. The van der Waals surface area contributed by atoms with Crippen molar-refractivity contribution in [2.24, 2.45) is 5.10 Å². The van der Waals surface area contributed by atoms with Crippen molar-refractivity contribution in [1.82, 2.24) is 14.9 Å². The van der Waals surface area contributed by atoms with Crippen LogP contribution in [0.5, 0.6) is 17.2 Å². The fourth-order valence-electron chi connectivity index (χ4n) is 2.37. The SMILES string of the molecule is CCOc1ccc(/C=N/n2c(COc3ccccc3)n[nH]c2=S)cc1OC. The molecule has 1 aromatic heterocycles. The summed E-state index contributed by atoms with van der Waals surface area (Å²) in [6.45, 7) is 2.73. The van der Waals surface area contributed by atoms with E-state index < -0.39 is 0 Å². The fraction of sp³-hybridized carbons (Fsp3) is 0.211. The van der Waals surface area contributed by atoms with Crippen LogP contribution in [-0.4, -0.2) is 34.8 Å².